The lowest BCUT2D eigenvalue weighted by Gasteiger charge is -2.44. The fraction of sp³-hybridized carbons (Fsp3) is 0.400. The van der Waals surface area contributed by atoms with E-state index in [-0.39, 0.29) is 17.5 Å². The molecule has 136 valence electrons. The number of para-hydroxylation sites is 1. The molecule has 3 aliphatic rings. The van der Waals surface area contributed by atoms with Crippen molar-refractivity contribution in [2.24, 2.45) is 5.92 Å². The molecule has 6 heteroatoms. The SMILES string of the molecule is CSc1ccccc1-n1cc(C(=O)NC2CN3CCC2CC3)ccc1=O. The Kier molecular flexibility index (Phi) is 4.87. The highest BCUT2D eigenvalue weighted by atomic mass is 32.2. The van der Waals surface area contributed by atoms with Crippen molar-refractivity contribution in [3.63, 3.8) is 0 Å². The Morgan fingerprint density at radius 3 is 2.62 bits per heavy atom. The number of aromatic nitrogens is 1. The minimum atomic E-state index is -0.133. The van der Waals surface area contributed by atoms with Crippen molar-refractivity contribution in [3.05, 3.63) is 58.5 Å². The van der Waals surface area contributed by atoms with Gasteiger partial charge in [0.1, 0.15) is 0 Å². The fourth-order valence-electron chi connectivity index (χ4n) is 4.02. The number of thioether (sulfide) groups is 1. The molecule has 4 heterocycles. The van der Waals surface area contributed by atoms with Gasteiger partial charge >= 0.3 is 0 Å². The first-order valence-corrected chi connectivity index (χ1v) is 10.3. The number of fused-ring (bicyclic) bond motifs is 3. The van der Waals surface area contributed by atoms with E-state index in [1.807, 2.05) is 30.5 Å². The number of rotatable bonds is 4. The lowest BCUT2D eigenvalue weighted by molar-refractivity contribution is 0.0620. The summed E-state index contributed by atoms with van der Waals surface area (Å²) >= 11 is 1.58. The van der Waals surface area contributed by atoms with Crippen molar-refractivity contribution < 1.29 is 4.79 Å². The maximum Gasteiger partial charge on any atom is 0.255 e. The molecule has 1 amide bonds. The van der Waals surface area contributed by atoms with Crippen LogP contribution in [-0.2, 0) is 0 Å². The van der Waals surface area contributed by atoms with E-state index in [0.29, 0.717) is 11.5 Å². The molecule has 1 atom stereocenters. The molecule has 1 unspecified atom stereocenters. The van der Waals surface area contributed by atoms with Crippen molar-refractivity contribution in [2.75, 3.05) is 25.9 Å². The third-order valence-electron chi connectivity index (χ3n) is 5.49. The van der Waals surface area contributed by atoms with Crippen LogP contribution in [0.3, 0.4) is 0 Å². The second-order valence-corrected chi connectivity index (χ2v) is 7.86. The van der Waals surface area contributed by atoms with Crippen molar-refractivity contribution in [1.29, 1.82) is 0 Å². The minimum absolute atomic E-state index is 0.0980. The van der Waals surface area contributed by atoms with Crippen molar-refractivity contribution in [3.8, 4) is 5.69 Å². The summed E-state index contributed by atoms with van der Waals surface area (Å²) < 4.78 is 1.57. The molecule has 0 saturated carbocycles. The van der Waals surface area contributed by atoms with Crippen molar-refractivity contribution in [2.45, 2.75) is 23.8 Å². The van der Waals surface area contributed by atoms with Gasteiger partial charge in [-0.25, -0.2) is 0 Å². The van der Waals surface area contributed by atoms with Crippen LogP contribution in [0.5, 0.6) is 0 Å². The lowest BCUT2D eigenvalue weighted by Crippen LogP contribution is -2.57. The number of piperidine rings is 3. The summed E-state index contributed by atoms with van der Waals surface area (Å²) in [5.41, 5.74) is 1.20. The summed E-state index contributed by atoms with van der Waals surface area (Å²) in [7, 11) is 0. The quantitative estimate of drug-likeness (QED) is 0.841. The second kappa shape index (κ2) is 7.29. The van der Waals surface area contributed by atoms with Gasteiger partial charge in [-0.15, -0.1) is 11.8 Å². The van der Waals surface area contributed by atoms with Gasteiger partial charge < -0.3 is 10.2 Å². The molecule has 5 rings (SSSR count). The summed E-state index contributed by atoms with van der Waals surface area (Å²) in [4.78, 5) is 28.6. The molecule has 3 saturated heterocycles. The highest BCUT2D eigenvalue weighted by Gasteiger charge is 2.35. The summed E-state index contributed by atoms with van der Waals surface area (Å²) in [5.74, 6) is 0.478. The Morgan fingerprint density at radius 2 is 1.92 bits per heavy atom. The Labute approximate surface area is 157 Å². The number of benzene rings is 1. The van der Waals surface area contributed by atoms with E-state index in [2.05, 4.69) is 10.2 Å². The maximum atomic E-state index is 12.8. The summed E-state index contributed by atoms with van der Waals surface area (Å²) in [6, 6.07) is 11.0. The smallest absolute Gasteiger partial charge is 0.255 e. The van der Waals surface area contributed by atoms with Crippen LogP contribution in [0.4, 0.5) is 0 Å². The topological polar surface area (TPSA) is 54.3 Å². The third-order valence-corrected chi connectivity index (χ3v) is 6.28. The van der Waals surface area contributed by atoms with Gasteiger partial charge in [-0.2, -0.15) is 0 Å². The number of nitrogens with zero attached hydrogens (tertiary/aromatic N) is 2. The predicted octanol–water partition coefficient (Wildman–Crippen LogP) is 2.38. The van der Waals surface area contributed by atoms with Crippen molar-refractivity contribution >= 4 is 17.7 Å². The normalized spacial score (nSPS) is 24.4. The van der Waals surface area contributed by atoms with Crippen LogP contribution < -0.4 is 10.9 Å². The molecule has 0 aliphatic carbocycles. The summed E-state index contributed by atoms with van der Waals surface area (Å²) in [5, 5.41) is 3.19. The molecule has 0 spiro atoms. The zero-order chi connectivity index (χ0) is 18.1. The van der Waals surface area contributed by atoms with Gasteiger partial charge in [0.05, 0.1) is 11.3 Å². The van der Waals surface area contributed by atoms with E-state index in [4.69, 9.17) is 0 Å². The van der Waals surface area contributed by atoms with Crippen LogP contribution in [0.15, 0.2) is 52.3 Å². The average Bonchev–Trinajstić information content (AvgIpc) is 2.69. The number of hydrogen-bond donors (Lipinski definition) is 1. The molecule has 0 radical (unpaired) electrons. The van der Waals surface area contributed by atoms with Gasteiger partial charge in [-0.1, -0.05) is 12.1 Å². The van der Waals surface area contributed by atoms with E-state index in [0.717, 1.165) is 43.1 Å². The lowest BCUT2D eigenvalue weighted by atomic mass is 9.84. The Morgan fingerprint density at radius 1 is 1.15 bits per heavy atom. The third kappa shape index (κ3) is 3.31. The zero-order valence-corrected chi connectivity index (χ0v) is 15.7. The molecule has 5 nitrogen and oxygen atoms in total. The van der Waals surface area contributed by atoms with Gasteiger partial charge in [0, 0.05) is 29.7 Å². The number of carbonyl (C=O) groups excluding carboxylic acids is 1. The molecule has 1 aromatic heterocycles. The minimum Gasteiger partial charge on any atom is -0.348 e. The monoisotopic (exact) mass is 369 g/mol. The highest BCUT2D eigenvalue weighted by molar-refractivity contribution is 7.98. The summed E-state index contributed by atoms with van der Waals surface area (Å²) in [6.07, 6.45) is 5.96. The molecular formula is C20H23N3O2S. The van der Waals surface area contributed by atoms with Crippen LogP contribution in [0.25, 0.3) is 5.69 Å². The molecule has 3 aliphatic heterocycles. The van der Waals surface area contributed by atoms with Crippen LogP contribution in [0, 0.1) is 5.92 Å². The van der Waals surface area contributed by atoms with Gasteiger partial charge in [-0.3, -0.25) is 14.2 Å². The zero-order valence-electron chi connectivity index (χ0n) is 14.9. The van der Waals surface area contributed by atoms with Crippen LogP contribution in [0.1, 0.15) is 23.2 Å². The van der Waals surface area contributed by atoms with Crippen LogP contribution in [0.2, 0.25) is 0 Å². The van der Waals surface area contributed by atoms with E-state index in [9.17, 15) is 9.59 Å². The highest BCUT2D eigenvalue weighted by Crippen LogP contribution is 2.27. The first-order chi connectivity index (χ1) is 12.7. The van der Waals surface area contributed by atoms with Gasteiger partial charge in [0.2, 0.25) is 0 Å². The molecule has 1 aromatic carbocycles. The number of pyridine rings is 1. The average molecular weight is 369 g/mol. The molecular weight excluding hydrogens is 346 g/mol. The number of hydrogen-bond acceptors (Lipinski definition) is 4. The van der Waals surface area contributed by atoms with Gasteiger partial charge in [-0.05, 0) is 56.3 Å². The fourth-order valence-corrected chi connectivity index (χ4v) is 4.61. The number of nitrogens with one attached hydrogen (secondary N) is 1. The van der Waals surface area contributed by atoms with E-state index < -0.39 is 0 Å². The van der Waals surface area contributed by atoms with E-state index in [1.165, 1.54) is 6.07 Å². The Balaban J connectivity index is 1.59. The largest absolute Gasteiger partial charge is 0.348 e. The molecule has 26 heavy (non-hydrogen) atoms. The Bertz CT molecular complexity index is 871. The molecule has 2 bridgehead atoms. The number of amides is 1. The van der Waals surface area contributed by atoms with Crippen LogP contribution in [-0.4, -0.2) is 47.3 Å². The first-order valence-electron chi connectivity index (χ1n) is 9.05. The van der Waals surface area contributed by atoms with E-state index >= 15 is 0 Å². The van der Waals surface area contributed by atoms with E-state index in [1.54, 1.807) is 28.6 Å². The van der Waals surface area contributed by atoms with Crippen LogP contribution >= 0.6 is 11.8 Å². The Hall–Kier alpha value is -2.05. The van der Waals surface area contributed by atoms with Gasteiger partial charge in [0.15, 0.2) is 0 Å². The molecule has 3 fully saturated rings. The standard InChI is InChI=1S/C20H23N3O2S/c1-26-18-5-3-2-4-17(18)23-12-15(6-7-19(23)24)20(25)21-16-13-22-10-8-14(16)9-11-22/h2-7,12,14,16H,8-11,13H2,1H3,(H,21,25). The summed E-state index contributed by atoms with van der Waals surface area (Å²) in [6.45, 7) is 3.23. The molecule has 1 N–H and O–H groups in total. The second-order valence-electron chi connectivity index (χ2n) is 7.02. The predicted molar refractivity (Wildman–Crippen MR) is 104 cm³/mol. The first kappa shape index (κ1) is 17.4. The van der Waals surface area contributed by atoms with Crippen molar-refractivity contribution in [1.82, 2.24) is 14.8 Å². The maximum absolute atomic E-state index is 12.8. The number of carbonyl (C=O) groups is 1. The molecule has 2 aromatic rings. The van der Waals surface area contributed by atoms with Gasteiger partial charge in [0.25, 0.3) is 11.5 Å².